The van der Waals surface area contributed by atoms with Crippen molar-refractivity contribution in [3.05, 3.63) is 48.0 Å². The first-order valence-corrected chi connectivity index (χ1v) is 6.57. The summed E-state index contributed by atoms with van der Waals surface area (Å²) in [6, 6.07) is 8.42. The van der Waals surface area contributed by atoms with Crippen LogP contribution in [0, 0.1) is 6.92 Å². The van der Waals surface area contributed by atoms with E-state index in [0.717, 1.165) is 25.7 Å². The predicted octanol–water partition coefficient (Wildman–Crippen LogP) is 4.03. The fourth-order valence-electron chi connectivity index (χ4n) is 1.94. The average Bonchev–Trinajstić information content (AvgIpc) is 2.32. The van der Waals surface area contributed by atoms with Crippen LogP contribution in [0.3, 0.4) is 0 Å². The molecule has 1 aromatic rings. The third kappa shape index (κ3) is 6.28. The van der Waals surface area contributed by atoms with Crippen LogP contribution >= 0.6 is 0 Å². The molecule has 1 heteroatoms. The van der Waals surface area contributed by atoms with Gasteiger partial charge in [-0.1, -0.05) is 48.7 Å². The topological polar surface area (TPSA) is 20.2 Å². The average molecular weight is 232 g/mol. The van der Waals surface area contributed by atoms with E-state index in [1.807, 2.05) is 6.08 Å². The molecule has 17 heavy (non-hydrogen) atoms. The smallest absolute Gasteiger partial charge is 0.0580 e. The number of aliphatic hydroxyl groups excluding tert-OH is 1. The zero-order chi connectivity index (χ0) is 12.5. The van der Waals surface area contributed by atoms with E-state index < -0.39 is 0 Å². The van der Waals surface area contributed by atoms with Crippen molar-refractivity contribution >= 4 is 0 Å². The van der Waals surface area contributed by atoms with Crippen molar-refractivity contribution in [3.8, 4) is 0 Å². The SMILES string of the molecule is C=CCCCCCC(O)Cc1ccc(C)cc1. The van der Waals surface area contributed by atoms with Crippen molar-refractivity contribution < 1.29 is 5.11 Å². The molecule has 0 radical (unpaired) electrons. The molecule has 0 aromatic heterocycles. The molecule has 1 nitrogen and oxygen atoms in total. The minimum absolute atomic E-state index is 0.193. The maximum absolute atomic E-state index is 9.91. The Kier molecular flexibility index (Phi) is 6.64. The highest BCUT2D eigenvalue weighted by Crippen LogP contribution is 2.11. The van der Waals surface area contributed by atoms with Crippen molar-refractivity contribution in [3.63, 3.8) is 0 Å². The summed E-state index contributed by atoms with van der Waals surface area (Å²) >= 11 is 0. The van der Waals surface area contributed by atoms with Gasteiger partial charge < -0.3 is 5.11 Å². The minimum atomic E-state index is -0.193. The largest absolute Gasteiger partial charge is 0.393 e. The first-order valence-electron chi connectivity index (χ1n) is 6.57. The van der Waals surface area contributed by atoms with E-state index in [-0.39, 0.29) is 6.10 Å². The number of aryl methyl sites for hydroxylation is 1. The summed E-state index contributed by atoms with van der Waals surface area (Å²) in [5.74, 6) is 0. The van der Waals surface area contributed by atoms with Gasteiger partial charge in [-0.15, -0.1) is 6.58 Å². The first kappa shape index (κ1) is 14.0. The Labute approximate surface area is 105 Å². The van der Waals surface area contributed by atoms with Crippen molar-refractivity contribution in [2.24, 2.45) is 0 Å². The van der Waals surface area contributed by atoms with Gasteiger partial charge >= 0.3 is 0 Å². The molecule has 0 fully saturated rings. The molecule has 0 aliphatic rings. The molecular weight excluding hydrogens is 208 g/mol. The highest BCUT2D eigenvalue weighted by molar-refractivity contribution is 5.21. The maximum Gasteiger partial charge on any atom is 0.0580 e. The molecule has 1 atom stereocenters. The van der Waals surface area contributed by atoms with Crippen LogP contribution in [-0.2, 0) is 6.42 Å². The summed E-state index contributed by atoms with van der Waals surface area (Å²) in [7, 11) is 0. The van der Waals surface area contributed by atoms with Crippen molar-refractivity contribution in [1.29, 1.82) is 0 Å². The monoisotopic (exact) mass is 232 g/mol. The molecule has 1 rings (SSSR count). The Morgan fingerprint density at radius 3 is 2.53 bits per heavy atom. The van der Waals surface area contributed by atoms with E-state index in [4.69, 9.17) is 0 Å². The number of hydrogen-bond acceptors (Lipinski definition) is 1. The normalized spacial score (nSPS) is 12.4. The summed E-state index contributed by atoms with van der Waals surface area (Å²) in [6.07, 6.45) is 8.05. The third-order valence-corrected chi connectivity index (χ3v) is 3.04. The summed E-state index contributed by atoms with van der Waals surface area (Å²) < 4.78 is 0. The number of aliphatic hydroxyl groups is 1. The molecule has 94 valence electrons. The molecule has 1 aromatic carbocycles. The van der Waals surface area contributed by atoms with E-state index in [1.54, 1.807) is 0 Å². The number of benzene rings is 1. The number of allylic oxidation sites excluding steroid dienone is 1. The van der Waals surface area contributed by atoms with Gasteiger partial charge in [-0.05, 0) is 38.2 Å². The van der Waals surface area contributed by atoms with Gasteiger partial charge in [0.05, 0.1) is 6.10 Å². The van der Waals surface area contributed by atoms with Crippen molar-refractivity contribution in [1.82, 2.24) is 0 Å². The predicted molar refractivity (Wildman–Crippen MR) is 74.2 cm³/mol. The van der Waals surface area contributed by atoms with Crippen LogP contribution in [0.1, 0.15) is 43.2 Å². The van der Waals surface area contributed by atoms with Gasteiger partial charge in [0.2, 0.25) is 0 Å². The maximum atomic E-state index is 9.91. The van der Waals surface area contributed by atoms with Crippen LogP contribution in [-0.4, -0.2) is 11.2 Å². The Balaban J connectivity index is 2.18. The van der Waals surface area contributed by atoms with E-state index >= 15 is 0 Å². The molecule has 1 unspecified atom stereocenters. The minimum Gasteiger partial charge on any atom is -0.393 e. The Morgan fingerprint density at radius 2 is 1.88 bits per heavy atom. The first-order chi connectivity index (χ1) is 8.22. The van der Waals surface area contributed by atoms with Gasteiger partial charge in [-0.25, -0.2) is 0 Å². The second-order valence-electron chi connectivity index (χ2n) is 4.77. The fraction of sp³-hybridized carbons (Fsp3) is 0.500. The molecule has 0 aliphatic heterocycles. The summed E-state index contributed by atoms with van der Waals surface area (Å²) in [4.78, 5) is 0. The lowest BCUT2D eigenvalue weighted by atomic mass is 10.0. The van der Waals surface area contributed by atoms with Gasteiger partial charge in [-0.3, -0.25) is 0 Å². The second-order valence-corrected chi connectivity index (χ2v) is 4.77. The summed E-state index contributed by atoms with van der Waals surface area (Å²) in [5, 5.41) is 9.91. The zero-order valence-electron chi connectivity index (χ0n) is 10.9. The lowest BCUT2D eigenvalue weighted by Gasteiger charge is -2.10. The molecule has 1 N–H and O–H groups in total. The zero-order valence-corrected chi connectivity index (χ0v) is 10.9. The molecule has 0 heterocycles. The molecular formula is C16H24O. The van der Waals surface area contributed by atoms with Crippen LogP contribution in [0.2, 0.25) is 0 Å². The van der Waals surface area contributed by atoms with E-state index in [1.165, 1.54) is 24.0 Å². The van der Waals surface area contributed by atoms with Gasteiger partial charge in [0.1, 0.15) is 0 Å². The van der Waals surface area contributed by atoms with E-state index in [0.29, 0.717) is 0 Å². The van der Waals surface area contributed by atoms with E-state index in [9.17, 15) is 5.11 Å². The highest BCUT2D eigenvalue weighted by Gasteiger charge is 2.04. The second kappa shape index (κ2) is 8.08. The van der Waals surface area contributed by atoms with Crippen molar-refractivity contribution in [2.75, 3.05) is 0 Å². The summed E-state index contributed by atoms with van der Waals surface area (Å²) in [6.45, 7) is 5.79. The number of rotatable bonds is 8. The molecule has 0 amide bonds. The standard InChI is InChI=1S/C16H24O/c1-3-4-5-6-7-8-16(17)13-15-11-9-14(2)10-12-15/h3,9-12,16-17H,1,4-8,13H2,2H3. The van der Waals surface area contributed by atoms with Gasteiger partial charge in [0, 0.05) is 0 Å². The molecule has 0 bridgehead atoms. The van der Waals surface area contributed by atoms with Crippen molar-refractivity contribution in [2.45, 2.75) is 51.6 Å². The molecule has 0 spiro atoms. The summed E-state index contributed by atoms with van der Waals surface area (Å²) in [5.41, 5.74) is 2.50. The lowest BCUT2D eigenvalue weighted by Crippen LogP contribution is -2.10. The van der Waals surface area contributed by atoms with Crippen LogP contribution < -0.4 is 0 Å². The van der Waals surface area contributed by atoms with Gasteiger partial charge in [0.15, 0.2) is 0 Å². The van der Waals surface area contributed by atoms with Crippen LogP contribution in [0.15, 0.2) is 36.9 Å². The quantitative estimate of drug-likeness (QED) is 0.530. The number of unbranched alkanes of at least 4 members (excludes halogenated alkanes) is 3. The van der Waals surface area contributed by atoms with Gasteiger partial charge in [-0.2, -0.15) is 0 Å². The Morgan fingerprint density at radius 1 is 1.18 bits per heavy atom. The Hall–Kier alpha value is -1.08. The van der Waals surface area contributed by atoms with Crippen LogP contribution in [0.4, 0.5) is 0 Å². The lowest BCUT2D eigenvalue weighted by molar-refractivity contribution is 0.161. The Bertz CT molecular complexity index is 313. The fourth-order valence-corrected chi connectivity index (χ4v) is 1.94. The van der Waals surface area contributed by atoms with Crippen LogP contribution in [0.5, 0.6) is 0 Å². The molecule has 0 saturated heterocycles. The van der Waals surface area contributed by atoms with Gasteiger partial charge in [0.25, 0.3) is 0 Å². The number of hydrogen-bond donors (Lipinski definition) is 1. The van der Waals surface area contributed by atoms with E-state index in [2.05, 4.69) is 37.8 Å². The molecule has 0 aliphatic carbocycles. The highest BCUT2D eigenvalue weighted by atomic mass is 16.3. The molecule has 0 saturated carbocycles. The third-order valence-electron chi connectivity index (χ3n) is 3.04. The van der Waals surface area contributed by atoms with Crippen LogP contribution in [0.25, 0.3) is 0 Å².